The van der Waals surface area contributed by atoms with E-state index in [2.05, 4.69) is 10.0 Å². The molecule has 1 heterocycles. The van der Waals surface area contributed by atoms with Gasteiger partial charge in [0.15, 0.2) is 0 Å². The molecule has 2 aromatic carbocycles. The van der Waals surface area contributed by atoms with E-state index >= 15 is 0 Å². The van der Waals surface area contributed by atoms with Gasteiger partial charge < -0.3 is 5.32 Å². The lowest BCUT2D eigenvalue weighted by molar-refractivity contribution is 0.603. The van der Waals surface area contributed by atoms with Gasteiger partial charge in [0.25, 0.3) is 10.0 Å². The number of hydrogen-bond acceptors (Lipinski definition) is 4. The van der Waals surface area contributed by atoms with Crippen molar-refractivity contribution in [2.45, 2.75) is 4.21 Å². The summed E-state index contributed by atoms with van der Waals surface area (Å²) in [6, 6.07) is 17.7. The summed E-state index contributed by atoms with van der Waals surface area (Å²) in [6.45, 7) is 0. The van der Waals surface area contributed by atoms with Crippen LogP contribution in [0.25, 0.3) is 0 Å². The van der Waals surface area contributed by atoms with Crippen LogP contribution in [0.1, 0.15) is 0 Å². The molecule has 0 bridgehead atoms. The van der Waals surface area contributed by atoms with Crippen LogP contribution in [0.3, 0.4) is 0 Å². The van der Waals surface area contributed by atoms with Crippen LogP contribution in [0.4, 0.5) is 17.1 Å². The number of anilines is 3. The van der Waals surface area contributed by atoms with Crippen LogP contribution < -0.4 is 10.0 Å². The largest absolute Gasteiger partial charge is 0.354 e. The summed E-state index contributed by atoms with van der Waals surface area (Å²) in [6.07, 6.45) is 0. The molecule has 0 saturated carbocycles. The van der Waals surface area contributed by atoms with Gasteiger partial charge in [-0.05, 0) is 47.8 Å². The number of rotatable bonds is 5. The van der Waals surface area contributed by atoms with Crippen molar-refractivity contribution in [3.05, 3.63) is 71.1 Å². The summed E-state index contributed by atoms with van der Waals surface area (Å²) in [5.41, 5.74) is 2.11. The van der Waals surface area contributed by atoms with Crippen molar-refractivity contribution in [3.8, 4) is 0 Å². The summed E-state index contributed by atoms with van der Waals surface area (Å²) >= 11 is 7.27. The van der Waals surface area contributed by atoms with Crippen molar-refractivity contribution in [3.63, 3.8) is 0 Å². The molecular formula is C16H13ClN2O2S2. The van der Waals surface area contributed by atoms with E-state index in [9.17, 15) is 8.42 Å². The van der Waals surface area contributed by atoms with Crippen molar-refractivity contribution < 1.29 is 8.42 Å². The molecule has 23 heavy (non-hydrogen) atoms. The van der Waals surface area contributed by atoms with Crippen LogP contribution >= 0.6 is 22.9 Å². The number of sulfonamides is 1. The van der Waals surface area contributed by atoms with E-state index in [1.807, 2.05) is 18.2 Å². The summed E-state index contributed by atoms with van der Waals surface area (Å²) in [7, 11) is -3.52. The van der Waals surface area contributed by atoms with E-state index in [4.69, 9.17) is 11.6 Å². The fourth-order valence-electron chi connectivity index (χ4n) is 1.96. The van der Waals surface area contributed by atoms with Crippen molar-refractivity contribution in [2.75, 3.05) is 10.0 Å². The van der Waals surface area contributed by atoms with Crippen molar-refractivity contribution in [1.82, 2.24) is 0 Å². The lowest BCUT2D eigenvalue weighted by Crippen LogP contribution is -2.11. The molecule has 0 aliphatic heterocycles. The molecular weight excluding hydrogens is 352 g/mol. The Kier molecular flexibility index (Phi) is 4.56. The van der Waals surface area contributed by atoms with E-state index in [1.165, 1.54) is 11.3 Å². The molecule has 0 fully saturated rings. The maximum absolute atomic E-state index is 12.1. The number of nitrogens with one attached hydrogen (secondary N) is 2. The molecule has 3 aromatic rings. The highest BCUT2D eigenvalue weighted by Gasteiger charge is 2.14. The standard InChI is InChI=1S/C16H13ClN2O2S2/c17-14-4-1-2-5-15(14)18-12-7-9-13(10-8-12)19-23(20,21)16-6-3-11-22-16/h1-11,18-19H. The fourth-order valence-corrected chi connectivity index (χ4v) is 4.20. The van der Waals surface area contributed by atoms with Crippen LogP contribution in [0, 0.1) is 0 Å². The molecule has 7 heteroatoms. The molecule has 3 rings (SSSR count). The number of halogens is 1. The Bertz CT molecular complexity index is 892. The highest BCUT2D eigenvalue weighted by molar-refractivity contribution is 7.94. The number of benzene rings is 2. The van der Waals surface area contributed by atoms with Gasteiger partial charge >= 0.3 is 0 Å². The Morgan fingerprint density at radius 1 is 0.870 bits per heavy atom. The van der Waals surface area contributed by atoms with Gasteiger partial charge in [-0.2, -0.15) is 0 Å². The first-order valence-electron chi connectivity index (χ1n) is 6.72. The minimum atomic E-state index is -3.52. The zero-order valence-corrected chi connectivity index (χ0v) is 14.3. The van der Waals surface area contributed by atoms with Crippen molar-refractivity contribution >= 4 is 50.0 Å². The minimum Gasteiger partial charge on any atom is -0.354 e. The average molecular weight is 365 g/mol. The Morgan fingerprint density at radius 3 is 2.22 bits per heavy atom. The van der Waals surface area contributed by atoms with Gasteiger partial charge in [0, 0.05) is 11.4 Å². The summed E-state index contributed by atoms with van der Waals surface area (Å²) in [4.78, 5) is 0. The van der Waals surface area contributed by atoms with Crippen molar-refractivity contribution in [2.24, 2.45) is 0 Å². The maximum Gasteiger partial charge on any atom is 0.271 e. The van der Waals surface area contributed by atoms with Gasteiger partial charge in [0.05, 0.1) is 10.7 Å². The Morgan fingerprint density at radius 2 is 1.57 bits per heavy atom. The van der Waals surface area contributed by atoms with Crippen LogP contribution in [-0.4, -0.2) is 8.42 Å². The van der Waals surface area contributed by atoms with Gasteiger partial charge in [0.2, 0.25) is 0 Å². The second-order valence-electron chi connectivity index (χ2n) is 4.72. The number of para-hydroxylation sites is 1. The Balaban J connectivity index is 1.74. The fraction of sp³-hybridized carbons (Fsp3) is 0. The van der Waals surface area contributed by atoms with Crippen LogP contribution in [0.2, 0.25) is 5.02 Å². The summed E-state index contributed by atoms with van der Waals surface area (Å²) in [5, 5.41) is 5.53. The Hall–Kier alpha value is -2.02. The third kappa shape index (κ3) is 3.85. The first-order valence-corrected chi connectivity index (χ1v) is 9.47. The molecule has 0 spiro atoms. The molecule has 2 N–H and O–H groups in total. The van der Waals surface area contributed by atoms with E-state index < -0.39 is 10.0 Å². The lowest BCUT2D eigenvalue weighted by atomic mass is 10.2. The van der Waals surface area contributed by atoms with E-state index in [-0.39, 0.29) is 4.21 Å². The smallest absolute Gasteiger partial charge is 0.271 e. The third-order valence-corrected chi connectivity index (χ3v) is 6.16. The molecule has 4 nitrogen and oxygen atoms in total. The van der Waals surface area contributed by atoms with Gasteiger partial charge in [-0.1, -0.05) is 29.8 Å². The lowest BCUT2D eigenvalue weighted by Gasteiger charge is -2.10. The molecule has 0 atom stereocenters. The van der Waals surface area contributed by atoms with Gasteiger partial charge in [0.1, 0.15) is 4.21 Å². The average Bonchev–Trinajstić information content (AvgIpc) is 3.06. The number of thiophene rings is 1. The third-order valence-electron chi connectivity index (χ3n) is 3.05. The first kappa shape index (κ1) is 15.9. The summed E-state index contributed by atoms with van der Waals surface area (Å²) in [5.74, 6) is 0. The normalized spacial score (nSPS) is 11.2. The maximum atomic E-state index is 12.1. The second-order valence-corrected chi connectivity index (χ2v) is 7.98. The molecule has 0 amide bonds. The predicted octanol–water partition coefficient (Wildman–Crippen LogP) is 4.95. The molecule has 0 unspecified atom stereocenters. The van der Waals surface area contributed by atoms with Gasteiger partial charge in [-0.15, -0.1) is 11.3 Å². The van der Waals surface area contributed by atoms with Crippen LogP contribution in [-0.2, 0) is 10.0 Å². The zero-order valence-electron chi connectivity index (χ0n) is 11.9. The molecule has 1 aromatic heterocycles. The highest BCUT2D eigenvalue weighted by atomic mass is 35.5. The zero-order chi connectivity index (χ0) is 16.3. The van der Waals surface area contributed by atoms with Crippen molar-refractivity contribution in [1.29, 1.82) is 0 Å². The van der Waals surface area contributed by atoms with E-state index in [1.54, 1.807) is 47.8 Å². The Labute approximate surface area is 143 Å². The molecule has 0 aliphatic carbocycles. The monoisotopic (exact) mass is 364 g/mol. The highest BCUT2D eigenvalue weighted by Crippen LogP contribution is 2.26. The molecule has 0 saturated heterocycles. The van der Waals surface area contributed by atoms with Gasteiger partial charge in [-0.3, -0.25) is 4.72 Å². The molecule has 0 aliphatic rings. The second kappa shape index (κ2) is 6.62. The number of hydrogen-bond donors (Lipinski definition) is 2. The first-order chi connectivity index (χ1) is 11.0. The molecule has 0 radical (unpaired) electrons. The van der Waals surface area contributed by atoms with Crippen LogP contribution in [0.5, 0.6) is 0 Å². The summed E-state index contributed by atoms with van der Waals surface area (Å²) < 4.78 is 27.1. The minimum absolute atomic E-state index is 0.288. The van der Waals surface area contributed by atoms with E-state index in [0.29, 0.717) is 10.7 Å². The quantitative estimate of drug-likeness (QED) is 0.673. The van der Waals surface area contributed by atoms with Crippen LogP contribution in [0.15, 0.2) is 70.3 Å². The van der Waals surface area contributed by atoms with E-state index in [0.717, 1.165) is 11.4 Å². The SMILES string of the molecule is O=S(=O)(Nc1ccc(Nc2ccccc2Cl)cc1)c1cccs1. The predicted molar refractivity (Wildman–Crippen MR) is 96.3 cm³/mol. The van der Waals surface area contributed by atoms with Gasteiger partial charge in [-0.25, -0.2) is 8.42 Å². The molecule has 118 valence electrons. The topological polar surface area (TPSA) is 58.2 Å².